The third-order valence-corrected chi connectivity index (χ3v) is 7.25. The van der Waals surface area contributed by atoms with E-state index < -0.39 is 12.2 Å². The number of aromatic hydroxyl groups is 1. The molecular weight excluding hydrogens is 494 g/mol. The first-order valence-electron chi connectivity index (χ1n) is 13.6. The number of unbranched alkanes of at least 4 members (excludes halogenated alkanes) is 3. The molecule has 4 rings (SSSR count). The number of urea groups is 1. The summed E-state index contributed by atoms with van der Waals surface area (Å²) < 4.78 is 0. The van der Waals surface area contributed by atoms with Gasteiger partial charge in [0, 0.05) is 19.5 Å². The maximum atomic E-state index is 13.8. The Morgan fingerprint density at radius 3 is 2.49 bits per heavy atom. The highest BCUT2D eigenvalue weighted by molar-refractivity contribution is 5.91. The van der Waals surface area contributed by atoms with Crippen LogP contribution in [0.4, 0.5) is 4.79 Å². The highest BCUT2D eigenvalue weighted by atomic mass is 16.3. The molecule has 2 heterocycles. The molecule has 0 bridgehead atoms. The molecule has 4 amide bonds. The second-order valence-electron chi connectivity index (χ2n) is 10.0. The van der Waals surface area contributed by atoms with Crippen molar-refractivity contribution in [3.05, 3.63) is 65.7 Å². The van der Waals surface area contributed by atoms with E-state index in [4.69, 9.17) is 6.42 Å². The van der Waals surface area contributed by atoms with Crippen LogP contribution in [-0.2, 0) is 22.6 Å². The smallest absolute Gasteiger partial charge is 0.334 e. The summed E-state index contributed by atoms with van der Waals surface area (Å²) in [6, 6.07) is 15.1. The third-order valence-electron chi connectivity index (χ3n) is 7.25. The minimum Gasteiger partial charge on any atom is -0.508 e. The summed E-state index contributed by atoms with van der Waals surface area (Å²) in [7, 11) is 0. The van der Waals surface area contributed by atoms with Crippen molar-refractivity contribution in [2.24, 2.45) is 0 Å². The average molecular weight is 532 g/mol. The van der Waals surface area contributed by atoms with Crippen LogP contribution in [0.3, 0.4) is 0 Å². The molecule has 0 saturated carbocycles. The number of terminal acetylenes is 1. The first-order chi connectivity index (χ1) is 18.9. The van der Waals surface area contributed by atoms with Crippen LogP contribution >= 0.6 is 0 Å². The number of benzene rings is 2. The van der Waals surface area contributed by atoms with Crippen molar-refractivity contribution in [3.8, 4) is 18.1 Å². The first kappa shape index (κ1) is 28.0. The summed E-state index contributed by atoms with van der Waals surface area (Å²) in [5.74, 6) is 2.32. The zero-order chi connectivity index (χ0) is 27.8. The molecule has 2 aromatic carbocycles. The van der Waals surface area contributed by atoms with Crippen molar-refractivity contribution in [1.82, 2.24) is 25.1 Å². The van der Waals surface area contributed by atoms with Gasteiger partial charge >= 0.3 is 6.03 Å². The molecule has 0 unspecified atom stereocenters. The molecule has 9 heteroatoms. The standard InChI is InChI=1S/C30H37N5O4/c1-3-5-6-10-18-32-21-27-34(26(29(32)38)19-23-13-15-25(36)16-14-23)28(37)22-33(17-4-2)35(27)30(39)31-20-24-11-8-7-9-12-24/h2,7-9,11-16,26-27,36H,3,5-6,10,17-22H2,1H3,(H,31,39)/t26-,27-/m0/s1. The predicted octanol–water partition coefficient (Wildman–Crippen LogP) is 2.96. The summed E-state index contributed by atoms with van der Waals surface area (Å²) in [5, 5.41) is 15.8. The van der Waals surface area contributed by atoms with E-state index in [0.29, 0.717) is 13.1 Å². The summed E-state index contributed by atoms with van der Waals surface area (Å²) in [6.07, 6.45) is 9.22. The fraction of sp³-hybridized carbons (Fsp3) is 0.433. The van der Waals surface area contributed by atoms with Crippen LogP contribution in [0.2, 0.25) is 0 Å². The van der Waals surface area contributed by atoms with Crippen LogP contribution in [-0.4, -0.2) is 81.2 Å². The molecule has 39 heavy (non-hydrogen) atoms. The Morgan fingerprint density at radius 1 is 1.05 bits per heavy atom. The first-order valence-corrected chi connectivity index (χ1v) is 13.6. The van der Waals surface area contributed by atoms with E-state index in [1.165, 1.54) is 5.01 Å². The molecule has 2 aliphatic heterocycles. The normalized spacial score (nSPS) is 19.5. The van der Waals surface area contributed by atoms with Crippen LogP contribution < -0.4 is 5.32 Å². The number of carbonyl (C=O) groups excluding carboxylic acids is 3. The number of rotatable bonds is 10. The van der Waals surface area contributed by atoms with Gasteiger partial charge in [-0.1, -0.05) is 74.6 Å². The minimum absolute atomic E-state index is 0.0852. The number of hydrazine groups is 1. The van der Waals surface area contributed by atoms with Crippen molar-refractivity contribution in [2.45, 2.75) is 57.8 Å². The van der Waals surface area contributed by atoms with Gasteiger partial charge in [0.15, 0.2) is 0 Å². The number of fused-ring (bicyclic) bond motifs is 1. The van der Waals surface area contributed by atoms with Crippen molar-refractivity contribution >= 4 is 17.8 Å². The van der Waals surface area contributed by atoms with E-state index in [0.717, 1.165) is 36.8 Å². The highest BCUT2D eigenvalue weighted by Crippen LogP contribution is 2.29. The number of nitrogens with one attached hydrogen (secondary N) is 1. The Labute approximate surface area is 230 Å². The molecule has 2 fully saturated rings. The molecular formula is C30H37N5O4. The topological polar surface area (TPSA) is 96.4 Å². The van der Waals surface area contributed by atoms with E-state index in [2.05, 4.69) is 18.2 Å². The SMILES string of the molecule is C#CCN1CC(=O)N2[C@@H](Cc3ccc(O)cc3)C(=O)N(CCCCCC)C[C@@H]2N1C(=O)NCc1ccccc1. The lowest BCUT2D eigenvalue weighted by Crippen LogP contribution is -2.76. The second-order valence-corrected chi connectivity index (χ2v) is 10.0. The molecule has 0 spiro atoms. The van der Waals surface area contributed by atoms with Gasteiger partial charge in [0.05, 0.1) is 19.6 Å². The predicted molar refractivity (Wildman–Crippen MR) is 148 cm³/mol. The number of piperazine rings is 1. The van der Waals surface area contributed by atoms with Gasteiger partial charge in [-0.05, 0) is 29.7 Å². The van der Waals surface area contributed by atoms with Gasteiger partial charge in [-0.25, -0.2) is 9.80 Å². The number of hydrogen-bond acceptors (Lipinski definition) is 5. The van der Waals surface area contributed by atoms with E-state index in [-0.39, 0.29) is 49.7 Å². The Kier molecular flexibility index (Phi) is 9.45. The van der Waals surface area contributed by atoms with Crippen LogP contribution in [0.15, 0.2) is 54.6 Å². The molecule has 2 aliphatic rings. The van der Waals surface area contributed by atoms with E-state index >= 15 is 0 Å². The lowest BCUT2D eigenvalue weighted by molar-refractivity contribution is -0.188. The summed E-state index contributed by atoms with van der Waals surface area (Å²) in [4.78, 5) is 44.3. The zero-order valence-electron chi connectivity index (χ0n) is 22.5. The van der Waals surface area contributed by atoms with Crippen molar-refractivity contribution in [1.29, 1.82) is 0 Å². The Balaban J connectivity index is 1.64. The lowest BCUT2D eigenvalue weighted by atomic mass is 9.98. The van der Waals surface area contributed by atoms with Crippen molar-refractivity contribution < 1.29 is 19.5 Å². The van der Waals surface area contributed by atoms with E-state index in [1.807, 2.05) is 30.3 Å². The largest absolute Gasteiger partial charge is 0.508 e. The number of nitrogens with zero attached hydrogens (tertiary/aromatic N) is 4. The van der Waals surface area contributed by atoms with E-state index in [9.17, 15) is 19.5 Å². The van der Waals surface area contributed by atoms with Gasteiger partial charge in [0.25, 0.3) is 0 Å². The fourth-order valence-electron chi connectivity index (χ4n) is 5.28. The van der Waals surface area contributed by atoms with Gasteiger partial charge in [0.1, 0.15) is 18.0 Å². The average Bonchev–Trinajstić information content (AvgIpc) is 2.93. The Hall–Kier alpha value is -4.03. The number of amides is 4. The van der Waals surface area contributed by atoms with Gasteiger partial charge in [-0.15, -0.1) is 6.42 Å². The molecule has 0 aromatic heterocycles. The second kappa shape index (κ2) is 13.2. The van der Waals surface area contributed by atoms with Crippen molar-refractivity contribution in [3.63, 3.8) is 0 Å². The monoisotopic (exact) mass is 531 g/mol. The van der Waals surface area contributed by atoms with Gasteiger partial charge < -0.3 is 20.2 Å². The molecule has 2 aromatic rings. The summed E-state index contributed by atoms with van der Waals surface area (Å²) in [5.41, 5.74) is 1.76. The minimum atomic E-state index is -0.774. The van der Waals surface area contributed by atoms with Crippen molar-refractivity contribution in [2.75, 3.05) is 26.2 Å². The molecule has 2 saturated heterocycles. The van der Waals surface area contributed by atoms with E-state index in [1.54, 1.807) is 39.1 Å². The number of hydrogen-bond donors (Lipinski definition) is 2. The van der Waals surface area contributed by atoms with Crippen LogP contribution in [0.25, 0.3) is 0 Å². The number of phenolic OH excluding ortho intramolecular Hbond substituents is 1. The summed E-state index contributed by atoms with van der Waals surface area (Å²) in [6.45, 7) is 3.20. The molecule has 2 N–H and O–H groups in total. The van der Waals surface area contributed by atoms with Crippen LogP contribution in [0.5, 0.6) is 5.75 Å². The number of carbonyl (C=O) groups is 3. The van der Waals surface area contributed by atoms with Crippen LogP contribution in [0, 0.1) is 12.3 Å². The van der Waals surface area contributed by atoms with Gasteiger partial charge in [0.2, 0.25) is 11.8 Å². The Bertz CT molecular complexity index is 1180. The molecule has 206 valence electrons. The zero-order valence-corrected chi connectivity index (χ0v) is 22.5. The maximum absolute atomic E-state index is 13.8. The number of phenols is 1. The maximum Gasteiger partial charge on any atom is 0.334 e. The lowest BCUT2D eigenvalue weighted by Gasteiger charge is -2.55. The third kappa shape index (κ3) is 6.70. The molecule has 0 aliphatic carbocycles. The Morgan fingerprint density at radius 2 is 1.79 bits per heavy atom. The quantitative estimate of drug-likeness (QED) is 0.363. The van der Waals surface area contributed by atoms with Gasteiger partial charge in [-0.2, -0.15) is 5.01 Å². The fourth-order valence-corrected chi connectivity index (χ4v) is 5.28. The van der Waals surface area contributed by atoms with Crippen LogP contribution in [0.1, 0.15) is 43.7 Å². The summed E-state index contributed by atoms with van der Waals surface area (Å²) >= 11 is 0. The van der Waals surface area contributed by atoms with Gasteiger partial charge in [-0.3, -0.25) is 9.59 Å². The molecule has 2 atom stereocenters. The molecule has 0 radical (unpaired) electrons. The highest BCUT2D eigenvalue weighted by Gasteiger charge is 2.51. The molecule has 9 nitrogen and oxygen atoms in total.